The first-order valence-corrected chi connectivity index (χ1v) is 10.3. The van der Waals surface area contributed by atoms with E-state index in [1.807, 2.05) is 0 Å². The van der Waals surface area contributed by atoms with Crippen molar-refractivity contribution in [2.75, 3.05) is 17.2 Å². The third kappa shape index (κ3) is 5.61. The second-order valence-corrected chi connectivity index (χ2v) is 8.26. The number of anilines is 2. The minimum atomic E-state index is -3.81. The standard InChI is InChI=1S/C19H20FN3O4S/c20-14-6-8-17(9-7-14)28(26,27)21-11-10-18(24)22-15-2-1-3-16(12-15)23-19(25)13-4-5-13/h1-3,6-9,12-13,21H,4-5,10-11H2,(H,22,24)(H,23,25). The molecule has 0 bridgehead atoms. The summed E-state index contributed by atoms with van der Waals surface area (Å²) in [4.78, 5) is 23.8. The first-order valence-electron chi connectivity index (χ1n) is 8.79. The van der Waals surface area contributed by atoms with E-state index >= 15 is 0 Å². The molecule has 3 rings (SSSR count). The van der Waals surface area contributed by atoms with Gasteiger partial charge in [-0.05, 0) is 55.3 Å². The largest absolute Gasteiger partial charge is 0.326 e. The van der Waals surface area contributed by atoms with Crippen LogP contribution >= 0.6 is 0 Å². The van der Waals surface area contributed by atoms with Crippen LogP contribution in [0.1, 0.15) is 19.3 Å². The Kier molecular flexibility index (Phi) is 6.05. The summed E-state index contributed by atoms with van der Waals surface area (Å²) in [5.41, 5.74) is 1.09. The lowest BCUT2D eigenvalue weighted by atomic mass is 10.2. The van der Waals surface area contributed by atoms with Gasteiger partial charge in [0.15, 0.2) is 0 Å². The third-order valence-corrected chi connectivity index (χ3v) is 5.61. The van der Waals surface area contributed by atoms with Gasteiger partial charge in [-0.1, -0.05) is 6.07 Å². The highest BCUT2D eigenvalue weighted by Crippen LogP contribution is 2.30. The average molecular weight is 405 g/mol. The van der Waals surface area contributed by atoms with Crippen molar-refractivity contribution >= 4 is 33.2 Å². The molecule has 0 aromatic heterocycles. The van der Waals surface area contributed by atoms with Gasteiger partial charge >= 0.3 is 0 Å². The summed E-state index contributed by atoms with van der Waals surface area (Å²) in [5, 5.41) is 5.45. The summed E-state index contributed by atoms with van der Waals surface area (Å²) in [5.74, 6) is -0.868. The number of halogens is 1. The SMILES string of the molecule is O=C(CCNS(=O)(=O)c1ccc(F)cc1)Nc1cccc(NC(=O)C2CC2)c1. The molecule has 1 saturated carbocycles. The van der Waals surface area contributed by atoms with Crippen LogP contribution in [0.5, 0.6) is 0 Å². The summed E-state index contributed by atoms with van der Waals surface area (Å²) < 4.78 is 39.4. The quantitative estimate of drug-likeness (QED) is 0.628. The van der Waals surface area contributed by atoms with E-state index in [0.29, 0.717) is 11.4 Å². The van der Waals surface area contributed by atoms with E-state index < -0.39 is 15.8 Å². The Balaban J connectivity index is 1.49. The Hall–Kier alpha value is -2.78. The fourth-order valence-corrected chi connectivity index (χ4v) is 3.52. The molecular formula is C19H20FN3O4S. The van der Waals surface area contributed by atoms with Crippen LogP contribution in [-0.2, 0) is 19.6 Å². The summed E-state index contributed by atoms with van der Waals surface area (Å²) in [6, 6.07) is 11.2. The molecule has 0 aliphatic heterocycles. The Morgan fingerprint density at radius 1 is 1.00 bits per heavy atom. The maximum Gasteiger partial charge on any atom is 0.240 e. The van der Waals surface area contributed by atoms with Crippen molar-refractivity contribution in [3.05, 3.63) is 54.3 Å². The van der Waals surface area contributed by atoms with Crippen molar-refractivity contribution in [3.63, 3.8) is 0 Å². The molecule has 0 spiro atoms. The van der Waals surface area contributed by atoms with Gasteiger partial charge in [0.2, 0.25) is 21.8 Å². The number of rotatable bonds is 8. The zero-order chi connectivity index (χ0) is 20.1. The van der Waals surface area contributed by atoms with Crippen LogP contribution < -0.4 is 15.4 Å². The Labute approximate surface area is 162 Å². The zero-order valence-corrected chi connectivity index (χ0v) is 15.8. The van der Waals surface area contributed by atoms with Gasteiger partial charge in [0.25, 0.3) is 0 Å². The number of amides is 2. The Morgan fingerprint density at radius 2 is 1.64 bits per heavy atom. The lowest BCUT2D eigenvalue weighted by molar-refractivity contribution is -0.117. The molecule has 0 heterocycles. The van der Waals surface area contributed by atoms with Gasteiger partial charge in [0.05, 0.1) is 4.90 Å². The maximum atomic E-state index is 12.9. The Morgan fingerprint density at radius 3 is 2.29 bits per heavy atom. The minimum absolute atomic E-state index is 0.0290. The van der Waals surface area contributed by atoms with E-state index in [0.717, 1.165) is 37.1 Å². The van der Waals surface area contributed by atoms with Crippen LogP contribution in [0.3, 0.4) is 0 Å². The highest BCUT2D eigenvalue weighted by atomic mass is 32.2. The number of nitrogens with one attached hydrogen (secondary N) is 3. The number of hydrogen-bond acceptors (Lipinski definition) is 4. The van der Waals surface area contributed by atoms with Gasteiger partial charge in [-0.3, -0.25) is 9.59 Å². The van der Waals surface area contributed by atoms with Crippen LogP contribution in [0, 0.1) is 11.7 Å². The number of carbonyl (C=O) groups is 2. The predicted molar refractivity (Wildman–Crippen MR) is 103 cm³/mol. The minimum Gasteiger partial charge on any atom is -0.326 e. The molecule has 2 aromatic rings. The molecule has 1 aliphatic rings. The van der Waals surface area contributed by atoms with E-state index in [1.165, 1.54) is 0 Å². The van der Waals surface area contributed by atoms with Gasteiger partial charge in [0, 0.05) is 30.3 Å². The third-order valence-electron chi connectivity index (χ3n) is 4.13. The number of carbonyl (C=O) groups excluding carboxylic acids is 2. The highest BCUT2D eigenvalue weighted by molar-refractivity contribution is 7.89. The maximum absolute atomic E-state index is 12.9. The summed E-state index contributed by atoms with van der Waals surface area (Å²) in [6.07, 6.45) is 1.71. The fraction of sp³-hybridized carbons (Fsp3) is 0.263. The molecule has 3 N–H and O–H groups in total. The molecule has 0 atom stereocenters. The van der Waals surface area contributed by atoms with E-state index in [2.05, 4.69) is 15.4 Å². The van der Waals surface area contributed by atoms with Gasteiger partial charge in [-0.25, -0.2) is 17.5 Å². The van der Waals surface area contributed by atoms with Crippen LogP contribution in [0.15, 0.2) is 53.4 Å². The van der Waals surface area contributed by atoms with Crippen molar-refractivity contribution in [1.82, 2.24) is 4.72 Å². The molecule has 148 valence electrons. The lowest BCUT2D eigenvalue weighted by Crippen LogP contribution is -2.27. The molecule has 1 aliphatic carbocycles. The molecule has 1 fully saturated rings. The van der Waals surface area contributed by atoms with Crippen molar-refractivity contribution < 1.29 is 22.4 Å². The summed E-state index contributed by atoms with van der Waals surface area (Å²) in [6.45, 7) is -0.107. The smallest absolute Gasteiger partial charge is 0.240 e. The van der Waals surface area contributed by atoms with E-state index in [-0.39, 0.29) is 35.6 Å². The molecule has 0 radical (unpaired) electrons. The van der Waals surface area contributed by atoms with Crippen LogP contribution in [0.2, 0.25) is 0 Å². The first-order chi connectivity index (χ1) is 13.3. The van der Waals surface area contributed by atoms with E-state index in [4.69, 9.17) is 0 Å². The molecule has 28 heavy (non-hydrogen) atoms. The van der Waals surface area contributed by atoms with Gasteiger partial charge in [-0.2, -0.15) is 0 Å². The van der Waals surface area contributed by atoms with Crippen molar-refractivity contribution in [2.24, 2.45) is 5.92 Å². The van der Waals surface area contributed by atoms with Gasteiger partial charge < -0.3 is 10.6 Å². The normalized spacial score (nSPS) is 13.8. The van der Waals surface area contributed by atoms with Crippen LogP contribution in [-0.4, -0.2) is 26.8 Å². The highest BCUT2D eigenvalue weighted by Gasteiger charge is 2.29. The van der Waals surface area contributed by atoms with Crippen molar-refractivity contribution in [2.45, 2.75) is 24.2 Å². The van der Waals surface area contributed by atoms with Gasteiger partial charge in [0.1, 0.15) is 5.82 Å². The van der Waals surface area contributed by atoms with Crippen molar-refractivity contribution in [3.8, 4) is 0 Å². The Bertz CT molecular complexity index is 973. The van der Waals surface area contributed by atoms with E-state index in [9.17, 15) is 22.4 Å². The van der Waals surface area contributed by atoms with Crippen LogP contribution in [0.25, 0.3) is 0 Å². The number of sulfonamides is 1. The predicted octanol–water partition coefficient (Wildman–Crippen LogP) is 2.48. The zero-order valence-electron chi connectivity index (χ0n) is 14.9. The first kappa shape index (κ1) is 20.0. The van der Waals surface area contributed by atoms with E-state index in [1.54, 1.807) is 24.3 Å². The summed E-state index contributed by atoms with van der Waals surface area (Å²) in [7, 11) is -3.81. The number of hydrogen-bond donors (Lipinski definition) is 3. The lowest BCUT2D eigenvalue weighted by Gasteiger charge is -2.09. The fourth-order valence-electron chi connectivity index (χ4n) is 2.48. The van der Waals surface area contributed by atoms with Crippen molar-refractivity contribution in [1.29, 1.82) is 0 Å². The topological polar surface area (TPSA) is 104 Å². The van der Waals surface area contributed by atoms with Gasteiger partial charge in [-0.15, -0.1) is 0 Å². The molecule has 0 saturated heterocycles. The number of benzene rings is 2. The molecular weight excluding hydrogens is 385 g/mol. The monoisotopic (exact) mass is 405 g/mol. The molecule has 7 nitrogen and oxygen atoms in total. The molecule has 2 amide bonds. The molecule has 0 unspecified atom stereocenters. The summed E-state index contributed by atoms with van der Waals surface area (Å²) >= 11 is 0. The second kappa shape index (κ2) is 8.49. The van der Waals surface area contributed by atoms with Crippen LogP contribution in [0.4, 0.5) is 15.8 Å². The average Bonchev–Trinajstić information content (AvgIpc) is 3.47. The second-order valence-electron chi connectivity index (χ2n) is 6.49. The molecule has 2 aromatic carbocycles. The molecule has 9 heteroatoms.